The highest BCUT2D eigenvalue weighted by molar-refractivity contribution is 6.30. The fourth-order valence-corrected chi connectivity index (χ4v) is 2.72. The summed E-state index contributed by atoms with van der Waals surface area (Å²) in [6, 6.07) is 15.1. The van der Waals surface area contributed by atoms with Crippen LogP contribution in [0.5, 0.6) is 5.75 Å². The Labute approximate surface area is 145 Å². The second-order valence-electron chi connectivity index (χ2n) is 5.62. The number of hydrogen-bond donors (Lipinski definition) is 4. The molecule has 6 nitrogen and oxygen atoms in total. The molecule has 0 saturated carbocycles. The second kappa shape index (κ2) is 7.63. The van der Waals surface area contributed by atoms with E-state index in [1.165, 1.54) is 0 Å². The van der Waals surface area contributed by atoms with Crippen molar-refractivity contribution in [2.45, 2.75) is 25.1 Å². The van der Waals surface area contributed by atoms with Crippen LogP contribution in [0.25, 0.3) is 0 Å². The third kappa shape index (κ3) is 4.04. The third-order valence-corrected chi connectivity index (χ3v) is 4.22. The molecule has 2 aromatic rings. The molecule has 1 fully saturated rings. The van der Waals surface area contributed by atoms with Crippen molar-refractivity contribution in [2.24, 2.45) is 5.84 Å². The molecule has 1 saturated heterocycles. The number of rotatable bonds is 5. The summed E-state index contributed by atoms with van der Waals surface area (Å²) < 4.78 is 5.77. The highest BCUT2D eigenvalue weighted by Gasteiger charge is 2.29. The number of ether oxygens (including phenoxy) is 1. The van der Waals surface area contributed by atoms with E-state index < -0.39 is 0 Å². The van der Waals surface area contributed by atoms with Crippen LogP contribution in [-0.2, 0) is 11.4 Å². The zero-order valence-corrected chi connectivity index (χ0v) is 13.7. The van der Waals surface area contributed by atoms with Gasteiger partial charge in [0.1, 0.15) is 18.4 Å². The molecule has 126 valence electrons. The molecule has 5 N–H and O–H groups in total. The van der Waals surface area contributed by atoms with Crippen LogP contribution in [0.2, 0.25) is 5.02 Å². The average Bonchev–Trinajstić information content (AvgIpc) is 3.11. The Hall–Kier alpha value is -2.12. The lowest BCUT2D eigenvalue weighted by Gasteiger charge is -2.11. The van der Waals surface area contributed by atoms with Gasteiger partial charge in [-0.3, -0.25) is 10.2 Å². The third-order valence-electron chi connectivity index (χ3n) is 3.96. The quantitative estimate of drug-likeness (QED) is 0.377. The molecule has 24 heavy (non-hydrogen) atoms. The summed E-state index contributed by atoms with van der Waals surface area (Å²) in [6.07, 6.45) is 0.633. The van der Waals surface area contributed by atoms with Crippen LogP contribution in [-0.4, -0.2) is 11.9 Å². The lowest BCUT2D eigenvalue weighted by molar-refractivity contribution is -0.122. The van der Waals surface area contributed by atoms with E-state index >= 15 is 0 Å². The number of nitrogens with one attached hydrogen (secondary N) is 3. The maximum Gasteiger partial charge on any atom is 0.252 e. The number of hydrogen-bond acceptors (Lipinski definition) is 5. The average molecular weight is 347 g/mol. The fourth-order valence-electron chi connectivity index (χ4n) is 2.59. The van der Waals surface area contributed by atoms with Gasteiger partial charge in [0.05, 0.1) is 0 Å². The normalized spacial score (nSPS) is 19.9. The Bertz CT molecular complexity index is 691. The van der Waals surface area contributed by atoms with Crippen LogP contribution in [0.4, 0.5) is 0 Å². The van der Waals surface area contributed by atoms with Crippen LogP contribution in [0.15, 0.2) is 48.5 Å². The summed E-state index contributed by atoms with van der Waals surface area (Å²) in [5.41, 5.74) is 10.3. The van der Waals surface area contributed by atoms with Gasteiger partial charge in [0.2, 0.25) is 0 Å². The van der Waals surface area contributed by atoms with Gasteiger partial charge < -0.3 is 4.74 Å². The Kier molecular flexibility index (Phi) is 5.32. The largest absolute Gasteiger partial charge is 0.489 e. The highest BCUT2D eigenvalue weighted by atomic mass is 35.5. The van der Waals surface area contributed by atoms with E-state index in [0.29, 0.717) is 18.1 Å². The minimum absolute atomic E-state index is 0.0533. The van der Waals surface area contributed by atoms with Crippen molar-refractivity contribution in [3.63, 3.8) is 0 Å². The first kappa shape index (κ1) is 16.7. The molecule has 7 heteroatoms. The lowest BCUT2D eigenvalue weighted by atomic mass is 10.0. The van der Waals surface area contributed by atoms with Crippen molar-refractivity contribution >= 4 is 17.5 Å². The molecular formula is C17H19ClN4O2. The van der Waals surface area contributed by atoms with E-state index in [-0.39, 0.29) is 18.0 Å². The van der Waals surface area contributed by atoms with Gasteiger partial charge in [-0.15, -0.1) is 0 Å². The molecule has 0 bridgehead atoms. The van der Waals surface area contributed by atoms with Crippen LogP contribution in [0, 0.1) is 0 Å². The van der Waals surface area contributed by atoms with Crippen molar-refractivity contribution in [3.05, 3.63) is 64.7 Å². The number of benzene rings is 2. The van der Waals surface area contributed by atoms with E-state index in [9.17, 15) is 4.79 Å². The zero-order valence-electron chi connectivity index (χ0n) is 13.0. The van der Waals surface area contributed by atoms with Gasteiger partial charge in [-0.2, -0.15) is 0 Å². The van der Waals surface area contributed by atoms with E-state index in [1.54, 1.807) is 0 Å². The number of amides is 1. The number of nitrogens with two attached hydrogens (primary N) is 1. The molecule has 0 aliphatic carbocycles. The summed E-state index contributed by atoms with van der Waals surface area (Å²) in [5, 5.41) is 0.711. The van der Waals surface area contributed by atoms with Crippen molar-refractivity contribution in [2.75, 3.05) is 0 Å². The number of hydrazine groups is 2. The van der Waals surface area contributed by atoms with Crippen molar-refractivity contribution in [1.82, 2.24) is 16.3 Å². The van der Waals surface area contributed by atoms with Gasteiger partial charge in [0.15, 0.2) is 0 Å². The highest BCUT2D eigenvalue weighted by Crippen LogP contribution is 2.24. The molecule has 0 spiro atoms. The zero-order chi connectivity index (χ0) is 16.9. The summed E-state index contributed by atoms with van der Waals surface area (Å²) >= 11 is 5.86. The summed E-state index contributed by atoms with van der Waals surface area (Å²) in [6.45, 7) is 0.485. The molecule has 1 aliphatic heterocycles. The topological polar surface area (TPSA) is 88.4 Å². The first-order valence-electron chi connectivity index (χ1n) is 7.64. The van der Waals surface area contributed by atoms with E-state index in [4.69, 9.17) is 22.2 Å². The first-order valence-corrected chi connectivity index (χ1v) is 8.02. The van der Waals surface area contributed by atoms with Gasteiger partial charge in [-0.1, -0.05) is 35.9 Å². The van der Waals surface area contributed by atoms with Crippen LogP contribution in [0.3, 0.4) is 0 Å². The molecule has 0 aromatic heterocycles. The van der Waals surface area contributed by atoms with Crippen LogP contribution in [0.1, 0.15) is 23.6 Å². The molecular weight excluding hydrogens is 328 g/mol. The summed E-state index contributed by atoms with van der Waals surface area (Å²) in [4.78, 5) is 11.5. The van der Waals surface area contributed by atoms with Gasteiger partial charge in [-0.05, 0) is 41.8 Å². The van der Waals surface area contributed by atoms with Gasteiger partial charge >= 0.3 is 0 Å². The SMILES string of the molecule is NNC(=O)C1CC(c2ccc(OCc3ccc(Cl)cc3)cc2)NN1. The second-order valence-corrected chi connectivity index (χ2v) is 6.06. The van der Waals surface area contributed by atoms with E-state index in [0.717, 1.165) is 16.9 Å². The monoisotopic (exact) mass is 346 g/mol. The van der Waals surface area contributed by atoms with Crippen LogP contribution < -0.4 is 26.9 Å². The number of carbonyl (C=O) groups is 1. The Morgan fingerprint density at radius 1 is 1.17 bits per heavy atom. The maximum absolute atomic E-state index is 11.5. The predicted octanol–water partition coefficient (Wildman–Crippen LogP) is 1.82. The van der Waals surface area contributed by atoms with Crippen molar-refractivity contribution in [3.8, 4) is 5.75 Å². The van der Waals surface area contributed by atoms with E-state index in [2.05, 4.69) is 16.3 Å². The molecule has 1 amide bonds. The van der Waals surface area contributed by atoms with Gasteiger partial charge in [-0.25, -0.2) is 16.7 Å². The van der Waals surface area contributed by atoms with Crippen molar-refractivity contribution in [1.29, 1.82) is 0 Å². The Balaban J connectivity index is 1.56. The smallest absolute Gasteiger partial charge is 0.252 e. The Morgan fingerprint density at radius 2 is 1.88 bits per heavy atom. The molecule has 3 rings (SSSR count). The lowest BCUT2D eigenvalue weighted by Crippen LogP contribution is -2.45. The van der Waals surface area contributed by atoms with E-state index in [1.807, 2.05) is 48.5 Å². The number of halogens is 1. The minimum atomic E-state index is -0.333. The number of carbonyl (C=O) groups excluding carboxylic acids is 1. The molecule has 2 unspecified atom stereocenters. The molecule has 1 aliphatic rings. The Morgan fingerprint density at radius 3 is 2.54 bits per heavy atom. The minimum Gasteiger partial charge on any atom is -0.489 e. The molecule has 2 atom stereocenters. The summed E-state index contributed by atoms with van der Waals surface area (Å²) in [7, 11) is 0. The summed E-state index contributed by atoms with van der Waals surface area (Å²) in [5.74, 6) is 5.71. The molecule has 0 radical (unpaired) electrons. The first-order chi connectivity index (χ1) is 11.7. The van der Waals surface area contributed by atoms with Gasteiger partial charge in [0.25, 0.3) is 5.91 Å². The standard InChI is InChI=1S/C17H19ClN4O2/c18-13-5-1-11(2-6-13)10-24-14-7-3-12(4-8-14)15-9-16(22-21-15)17(23)20-19/h1-8,15-16,21-22H,9-10,19H2,(H,20,23). The fraction of sp³-hybridized carbons (Fsp3) is 0.235. The van der Waals surface area contributed by atoms with Crippen molar-refractivity contribution < 1.29 is 9.53 Å². The molecule has 1 heterocycles. The maximum atomic E-state index is 11.5. The predicted molar refractivity (Wildman–Crippen MR) is 92.0 cm³/mol. The van der Waals surface area contributed by atoms with Gasteiger partial charge in [0, 0.05) is 11.1 Å². The van der Waals surface area contributed by atoms with Crippen LogP contribution >= 0.6 is 11.6 Å². The molecule has 2 aromatic carbocycles.